The Bertz CT molecular complexity index is 534. The van der Waals surface area contributed by atoms with E-state index >= 15 is 0 Å². The minimum atomic E-state index is 0.750. The molecule has 3 nitrogen and oxygen atoms in total. The SMILES string of the molecule is CN1CCC(Cc2cn3cc(Cl)ccc3n2)C1. The maximum atomic E-state index is 5.96. The van der Waals surface area contributed by atoms with Crippen molar-refractivity contribution in [3.63, 3.8) is 0 Å². The molecule has 1 saturated heterocycles. The monoisotopic (exact) mass is 249 g/mol. The summed E-state index contributed by atoms with van der Waals surface area (Å²) < 4.78 is 2.01. The molecule has 3 rings (SSSR count). The van der Waals surface area contributed by atoms with E-state index in [1.54, 1.807) is 0 Å². The van der Waals surface area contributed by atoms with E-state index < -0.39 is 0 Å². The van der Waals surface area contributed by atoms with Crippen molar-refractivity contribution in [3.8, 4) is 0 Å². The van der Waals surface area contributed by atoms with Crippen LogP contribution in [-0.4, -0.2) is 34.4 Å². The molecule has 0 bridgehead atoms. The molecule has 0 radical (unpaired) electrons. The van der Waals surface area contributed by atoms with E-state index in [2.05, 4.69) is 23.1 Å². The van der Waals surface area contributed by atoms with E-state index in [0.717, 1.165) is 23.0 Å². The van der Waals surface area contributed by atoms with Gasteiger partial charge in [-0.05, 0) is 44.5 Å². The van der Waals surface area contributed by atoms with Crippen molar-refractivity contribution in [2.45, 2.75) is 12.8 Å². The number of pyridine rings is 1. The van der Waals surface area contributed by atoms with Crippen LogP contribution in [0.4, 0.5) is 0 Å². The summed E-state index contributed by atoms with van der Waals surface area (Å²) >= 11 is 5.96. The lowest BCUT2D eigenvalue weighted by Gasteiger charge is -2.07. The molecule has 90 valence electrons. The molecular weight excluding hydrogens is 234 g/mol. The van der Waals surface area contributed by atoms with Gasteiger partial charge in [0.05, 0.1) is 10.7 Å². The molecule has 0 spiro atoms. The molecule has 0 aliphatic carbocycles. The van der Waals surface area contributed by atoms with Crippen molar-refractivity contribution in [1.82, 2.24) is 14.3 Å². The number of nitrogens with zero attached hydrogens (tertiary/aromatic N) is 3. The predicted octanol–water partition coefficient (Wildman–Crippen LogP) is 2.48. The smallest absolute Gasteiger partial charge is 0.137 e. The summed E-state index contributed by atoms with van der Waals surface area (Å²) in [7, 11) is 2.18. The van der Waals surface area contributed by atoms with Crippen LogP contribution in [0.15, 0.2) is 24.5 Å². The van der Waals surface area contributed by atoms with Gasteiger partial charge in [0, 0.05) is 18.9 Å². The standard InChI is InChI=1S/C13H16ClN3/c1-16-5-4-10(7-16)6-12-9-17-8-11(14)2-3-13(17)15-12/h2-3,8-10H,4-7H2,1H3. The molecule has 0 saturated carbocycles. The number of halogens is 1. The number of hydrogen-bond acceptors (Lipinski definition) is 2. The Labute approximate surface area is 106 Å². The van der Waals surface area contributed by atoms with Gasteiger partial charge in [-0.2, -0.15) is 0 Å². The Hall–Kier alpha value is -1.06. The summed E-state index contributed by atoms with van der Waals surface area (Å²) in [5.74, 6) is 0.750. The summed E-state index contributed by atoms with van der Waals surface area (Å²) in [5.41, 5.74) is 2.16. The summed E-state index contributed by atoms with van der Waals surface area (Å²) in [6.45, 7) is 2.40. The van der Waals surface area contributed by atoms with Gasteiger partial charge in [0.15, 0.2) is 0 Å². The van der Waals surface area contributed by atoms with Gasteiger partial charge in [0.2, 0.25) is 0 Å². The lowest BCUT2D eigenvalue weighted by atomic mass is 10.0. The van der Waals surface area contributed by atoms with E-state index in [-0.39, 0.29) is 0 Å². The van der Waals surface area contributed by atoms with Gasteiger partial charge in [-0.25, -0.2) is 4.98 Å². The molecule has 0 aromatic carbocycles. The second-order valence-corrected chi connectivity index (χ2v) is 5.40. The first kappa shape index (κ1) is 11.1. The largest absolute Gasteiger partial charge is 0.306 e. The Morgan fingerprint density at radius 3 is 3.06 bits per heavy atom. The normalized spacial score (nSPS) is 21.4. The fourth-order valence-electron chi connectivity index (χ4n) is 2.60. The molecule has 1 atom stereocenters. The fraction of sp³-hybridized carbons (Fsp3) is 0.462. The average molecular weight is 250 g/mol. The summed E-state index contributed by atoms with van der Waals surface area (Å²) in [6, 6.07) is 3.85. The summed E-state index contributed by atoms with van der Waals surface area (Å²) in [6.07, 6.45) is 6.36. The number of imidazole rings is 1. The second kappa shape index (κ2) is 4.31. The zero-order valence-corrected chi connectivity index (χ0v) is 10.7. The highest BCUT2D eigenvalue weighted by Crippen LogP contribution is 2.20. The quantitative estimate of drug-likeness (QED) is 0.815. The van der Waals surface area contributed by atoms with Crippen molar-refractivity contribution in [3.05, 3.63) is 35.2 Å². The van der Waals surface area contributed by atoms with Crippen LogP contribution in [0.3, 0.4) is 0 Å². The third-order valence-corrected chi connectivity index (χ3v) is 3.68. The third-order valence-electron chi connectivity index (χ3n) is 3.45. The van der Waals surface area contributed by atoms with Crippen LogP contribution < -0.4 is 0 Å². The van der Waals surface area contributed by atoms with Crippen LogP contribution in [0.25, 0.3) is 5.65 Å². The van der Waals surface area contributed by atoms with Crippen LogP contribution >= 0.6 is 11.6 Å². The molecule has 4 heteroatoms. The van der Waals surface area contributed by atoms with E-state index in [4.69, 9.17) is 11.6 Å². The van der Waals surface area contributed by atoms with Crippen molar-refractivity contribution in [2.75, 3.05) is 20.1 Å². The van der Waals surface area contributed by atoms with Gasteiger partial charge in [0.25, 0.3) is 0 Å². The lowest BCUT2D eigenvalue weighted by molar-refractivity contribution is 0.394. The lowest BCUT2D eigenvalue weighted by Crippen LogP contribution is -2.15. The average Bonchev–Trinajstić information content (AvgIpc) is 2.84. The van der Waals surface area contributed by atoms with Crippen LogP contribution in [0.5, 0.6) is 0 Å². The molecule has 0 N–H and O–H groups in total. The zero-order chi connectivity index (χ0) is 11.8. The van der Waals surface area contributed by atoms with E-state index in [0.29, 0.717) is 0 Å². The number of aromatic nitrogens is 2. The molecule has 0 amide bonds. The first-order valence-corrected chi connectivity index (χ1v) is 6.40. The molecule has 1 fully saturated rings. The fourth-order valence-corrected chi connectivity index (χ4v) is 2.77. The van der Waals surface area contributed by atoms with E-state index in [1.165, 1.54) is 25.2 Å². The van der Waals surface area contributed by atoms with Crippen molar-refractivity contribution < 1.29 is 0 Å². The Kier molecular flexibility index (Phi) is 2.81. The molecule has 2 aromatic heterocycles. The molecule has 1 aliphatic heterocycles. The highest BCUT2D eigenvalue weighted by Gasteiger charge is 2.20. The number of rotatable bonds is 2. The highest BCUT2D eigenvalue weighted by molar-refractivity contribution is 6.30. The number of hydrogen-bond donors (Lipinski definition) is 0. The van der Waals surface area contributed by atoms with Crippen molar-refractivity contribution in [2.24, 2.45) is 5.92 Å². The second-order valence-electron chi connectivity index (χ2n) is 4.97. The van der Waals surface area contributed by atoms with Gasteiger partial charge in [-0.15, -0.1) is 0 Å². The first-order valence-electron chi connectivity index (χ1n) is 6.02. The maximum absolute atomic E-state index is 5.96. The van der Waals surface area contributed by atoms with Gasteiger partial charge in [-0.1, -0.05) is 11.6 Å². The minimum absolute atomic E-state index is 0.750. The Morgan fingerprint density at radius 1 is 1.41 bits per heavy atom. The van der Waals surface area contributed by atoms with E-state index in [1.807, 2.05) is 22.7 Å². The highest BCUT2D eigenvalue weighted by atomic mass is 35.5. The van der Waals surface area contributed by atoms with E-state index in [9.17, 15) is 0 Å². The maximum Gasteiger partial charge on any atom is 0.137 e. The Balaban J connectivity index is 1.81. The zero-order valence-electron chi connectivity index (χ0n) is 9.93. The van der Waals surface area contributed by atoms with Crippen LogP contribution in [0.1, 0.15) is 12.1 Å². The summed E-state index contributed by atoms with van der Waals surface area (Å²) in [5, 5.41) is 0.752. The predicted molar refractivity (Wildman–Crippen MR) is 69.5 cm³/mol. The molecule has 3 heterocycles. The third kappa shape index (κ3) is 2.31. The number of fused-ring (bicyclic) bond motifs is 1. The minimum Gasteiger partial charge on any atom is -0.306 e. The Morgan fingerprint density at radius 2 is 2.29 bits per heavy atom. The van der Waals surface area contributed by atoms with Crippen molar-refractivity contribution in [1.29, 1.82) is 0 Å². The molecular formula is C13H16ClN3. The van der Waals surface area contributed by atoms with Crippen LogP contribution in [0, 0.1) is 5.92 Å². The van der Waals surface area contributed by atoms with Gasteiger partial charge in [0.1, 0.15) is 5.65 Å². The molecule has 1 unspecified atom stereocenters. The first-order chi connectivity index (χ1) is 8.20. The van der Waals surface area contributed by atoms with Crippen LogP contribution in [-0.2, 0) is 6.42 Å². The molecule has 2 aromatic rings. The van der Waals surface area contributed by atoms with Crippen molar-refractivity contribution >= 4 is 17.2 Å². The topological polar surface area (TPSA) is 20.5 Å². The number of likely N-dealkylation sites (tertiary alicyclic amines) is 1. The van der Waals surface area contributed by atoms with Crippen LogP contribution in [0.2, 0.25) is 5.02 Å². The molecule has 17 heavy (non-hydrogen) atoms. The molecule has 1 aliphatic rings. The van der Waals surface area contributed by atoms with Gasteiger partial charge >= 0.3 is 0 Å². The van der Waals surface area contributed by atoms with Gasteiger partial charge in [-0.3, -0.25) is 0 Å². The van der Waals surface area contributed by atoms with Gasteiger partial charge < -0.3 is 9.30 Å². The summed E-state index contributed by atoms with van der Waals surface area (Å²) in [4.78, 5) is 7.01.